The summed E-state index contributed by atoms with van der Waals surface area (Å²) in [5.74, 6) is 1.09. The first-order valence-electron chi connectivity index (χ1n) is 7.64. The molecule has 0 spiro atoms. The number of para-hydroxylation sites is 1. The quantitative estimate of drug-likeness (QED) is 0.780. The summed E-state index contributed by atoms with van der Waals surface area (Å²) in [5.41, 5.74) is 2.43. The van der Waals surface area contributed by atoms with Gasteiger partial charge >= 0.3 is 0 Å². The van der Waals surface area contributed by atoms with Crippen LogP contribution in [0, 0.1) is 0 Å². The van der Waals surface area contributed by atoms with Gasteiger partial charge < -0.3 is 10.2 Å². The summed E-state index contributed by atoms with van der Waals surface area (Å²) < 4.78 is 0. The third-order valence-corrected chi connectivity index (χ3v) is 3.62. The molecule has 1 heterocycles. The molecule has 0 saturated carbocycles. The Labute approximate surface area is 122 Å². The molecule has 108 valence electrons. The van der Waals surface area contributed by atoms with E-state index in [1.165, 1.54) is 10.9 Å². The lowest BCUT2D eigenvalue weighted by Gasteiger charge is -2.21. The molecular formula is C17H25N3. The van der Waals surface area contributed by atoms with Crippen LogP contribution in [0.25, 0.3) is 10.9 Å². The van der Waals surface area contributed by atoms with Crippen molar-refractivity contribution < 1.29 is 0 Å². The lowest BCUT2D eigenvalue weighted by Crippen LogP contribution is -2.23. The van der Waals surface area contributed by atoms with Crippen molar-refractivity contribution in [3.8, 4) is 0 Å². The highest BCUT2D eigenvalue weighted by atomic mass is 15.2. The number of hydrogen-bond donors (Lipinski definition) is 1. The zero-order valence-electron chi connectivity index (χ0n) is 12.8. The summed E-state index contributed by atoms with van der Waals surface area (Å²) in [6.07, 6.45) is 1.16. The van der Waals surface area contributed by atoms with Crippen molar-refractivity contribution in [1.82, 2.24) is 10.3 Å². The number of pyridine rings is 1. The van der Waals surface area contributed by atoms with Crippen molar-refractivity contribution >= 4 is 16.7 Å². The van der Waals surface area contributed by atoms with Gasteiger partial charge in [-0.25, -0.2) is 4.98 Å². The molecular weight excluding hydrogens is 246 g/mol. The zero-order valence-corrected chi connectivity index (χ0v) is 12.8. The number of rotatable bonds is 7. The lowest BCUT2D eigenvalue weighted by atomic mass is 10.1. The number of hydrogen-bond acceptors (Lipinski definition) is 3. The number of fused-ring (bicyclic) bond motifs is 1. The van der Waals surface area contributed by atoms with Gasteiger partial charge in [-0.1, -0.05) is 25.1 Å². The van der Waals surface area contributed by atoms with Crippen LogP contribution in [0.5, 0.6) is 0 Å². The normalized spacial score (nSPS) is 10.9. The van der Waals surface area contributed by atoms with E-state index in [9.17, 15) is 0 Å². The average Bonchev–Trinajstić information content (AvgIpc) is 2.49. The Morgan fingerprint density at radius 1 is 1.10 bits per heavy atom. The topological polar surface area (TPSA) is 28.2 Å². The molecule has 0 aliphatic carbocycles. The van der Waals surface area contributed by atoms with Gasteiger partial charge in [0, 0.05) is 25.0 Å². The van der Waals surface area contributed by atoms with Crippen LogP contribution in [0.1, 0.15) is 32.8 Å². The third kappa shape index (κ3) is 3.28. The smallest absolute Gasteiger partial charge is 0.129 e. The van der Waals surface area contributed by atoms with Gasteiger partial charge in [-0.15, -0.1) is 0 Å². The van der Waals surface area contributed by atoms with Crippen LogP contribution in [0.2, 0.25) is 0 Å². The van der Waals surface area contributed by atoms with Gasteiger partial charge in [0.05, 0.1) is 5.52 Å². The predicted molar refractivity (Wildman–Crippen MR) is 87.3 cm³/mol. The molecule has 3 heteroatoms. The largest absolute Gasteiger partial charge is 0.357 e. The highest BCUT2D eigenvalue weighted by molar-refractivity contribution is 5.84. The monoisotopic (exact) mass is 271 g/mol. The fraction of sp³-hybridized carbons (Fsp3) is 0.471. The molecule has 0 aliphatic rings. The Bertz CT molecular complexity index is 547. The fourth-order valence-corrected chi connectivity index (χ4v) is 2.49. The summed E-state index contributed by atoms with van der Waals surface area (Å²) >= 11 is 0. The summed E-state index contributed by atoms with van der Waals surface area (Å²) in [7, 11) is 0. The van der Waals surface area contributed by atoms with Gasteiger partial charge in [-0.2, -0.15) is 0 Å². The van der Waals surface area contributed by atoms with Crippen molar-refractivity contribution in [2.75, 3.05) is 24.5 Å². The maximum absolute atomic E-state index is 4.80. The molecule has 0 aliphatic heterocycles. The number of benzene rings is 1. The van der Waals surface area contributed by atoms with Gasteiger partial charge in [-0.05, 0) is 44.5 Å². The Morgan fingerprint density at radius 2 is 1.85 bits per heavy atom. The second kappa shape index (κ2) is 7.25. The van der Waals surface area contributed by atoms with Crippen LogP contribution in [-0.4, -0.2) is 24.6 Å². The molecule has 0 fully saturated rings. The first-order chi connectivity index (χ1) is 9.80. The van der Waals surface area contributed by atoms with Crippen molar-refractivity contribution in [2.45, 2.75) is 33.7 Å². The van der Waals surface area contributed by atoms with Gasteiger partial charge in [0.15, 0.2) is 0 Å². The van der Waals surface area contributed by atoms with E-state index in [0.717, 1.165) is 43.9 Å². The first kappa shape index (κ1) is 14.8. The molecule has 2 rings (SSSR count). The Kier molecular flexibility index (Phi) is 5.36. The molecule has 1 aromatic carbocycles. The van der Waals surface area contributed by atoms with Crippen molar-refractivity contribution in [3.05, 3.63) is 35.9 Å². The predicted octanol–water partition coefficient (Wildman–Crippen LogP) is 3.58. The second-order valence-corrected chi connectivity index (χ2v) is 5.01. The zero-order chi connectivity index (χ0) is 14.4. The van der Waals surface area contributed by atoms with Crippen LogP contribution in [0.4, 0.5) is 5.82 Å². The molecule has 0 radical (unpaired) electrons. The van der Waals surface area contributed by atoms with Gasteiger partial charge in [0.1, 0.15) is 5.82 Å². The number of anilines is 1. The SMILES string of the molecule is CCCNCc1cc(N(CC)CC)nc2ccccc12. The lowest BCUT2D eigenvalue weighted by molar-refractivity contribution is 0.677. The molecule has 1 aromatic heterocycles. The summed E-state index contributed by atoms with van der Waals surface area (Å²) in [4.78, 5) is 7.11. The number of nitrogens with one attached hydrogen (secondary N) is 1. The van der Waals surface area contributed by atoms with E-state index in [0.29, 0.717) is 0 Å². The van der Waals surface area contributed by atoms with Crippen molar-refractivity contribution in [1.29, 1.82) is 0 Å². The van der Waals surface area contributed by atoms with E-state index in [4.69, 9.17) is 4.98 Å². The molecule has 0 atom stereocenters. The van der Waals surface area contributed by atoms with Crippen molar-refractivity contribution in [2.24, 2.45) is 0 Å². The summed E-state index contributed by atoms with van der Waals surface area (Å²) in [6, 6.07) is 10.6. The van der Waals surface area contributed by atoms with Gasteiger partial charge in [-0.3, -0.25) is 0 Å². The van der Waals surface area contributed by atoms with Crippen LogP contribution >= 0.6 is 0 Å². The van der Waals surface area contributed by atoms with Gasteiger partial charge in [0.2, 0.25) is 0 Å². The Morgan fingerprint density at radius 3 is 2.55 bits per heavy atom. The van der Waals surface area contributed by atoms with Crippen LogP contribution < -0.4 is 10.2 Å². The average molecular weight is 271 g/mol. The Hall–Kier alpha value is -1.61. The molecule has 0 saturated heterocycles. The van der Waals surface area contributed by atoms with E-state index in [1.54, 1.807) is 0 Å². The van der Waals surface area contributed by atoms with E-state index in [2.05, 4.69) is 61.3 Å². The standard InChI is InChI=1S/C17H25N3/c1-4-11-18-13-14-12-17(20(5-2)6-3)19-16-10-8-7-9-15(14)16/h7-10,12,18H,4-6,11,13H2,1-3H3. The highest BCUT2D eigenvalue weighted by Crippen LogP contribution is 2.23. The fourth-order valence-electron chi connectivity index (χ4n) is 2.49. The Balaban J connectivity index is 2.40. The third-order valence-electron chi connectivity index (χ3n) is 3.62. The number of aromatic nitrogens is 1. The molecule has 3 nitrogen and oxygen atoms in total. The molecule has 2 aromatic rings. The molecule has 0 unspecified atom stereocenters. The highest BCUT2D eigenvalue weighted by Gasteiger charge is 2.09. The van der Waals surface area contributed by atoms with Crippen LogP contribution in [0.15, 0.2) is 30.3 Å². The summed E-state index contributed by atoms with van der Waals surface area (Å²) in [6.45, 7) is 10.5. The maximum Gasteiger partial charge on any atom is 0.129 e. The second-order valence-electron chi connectivity index (χ2n) is 5.01. The van der Waals surface area contributed by atoms with E-state index >= 15 is 0 Å². The molecule has 0 amide bonds. The van der Waals surface area contributed by atoms with Crippen molar-refractivity contribution in [3.63, 3.8) is 0 Å². The summed E-state index contributed by atoms with van der Waals surface area (Å²) in [5, 5.41) is 4.76. The molecule has 20 heavy (non-hydrogen) atoms. The van der Waals surface area contributed by atoms with Gasteiger partial charge in [0.25, 0.3) is 0 Å². The van der Waals surface area contributed by atoms with E-state index in [1.807, 2.05) is 0 Å². The van der Waals surface area contributed by atoms with E-state index < -0.39 is 0 Å². The maximum atomic E-state index is 4.80. The minimum Gasteiger partial charge on any atom is -0.357 e. The number of nitrogens with zero attached hydrogens (tertiary/aromatic N) is 2. The minimum atomic E-state index is 0.908. The first-order valence-corrected chi connectivity index (χ1v) is 7.64. The molecule has 1 N–H and O–H groups in total. The van der Waals surface area contributed by atoms with E-state index in [-0.39, 0.29) is 0 Å². The molecule has 0 bridgehead atoms. The van der Waals surface area contributed by atoms with Crippen LogP contribution in [-0.2, 0) is 6.54 Å². The minimum absolute atomic E-state index is 0.908. The van der Waals surface area contributed by atoms with Crippen LogP contribution in [0.3, 0.4) is 0 Å².